The molecule has 0 amide bonds. The van der Waals surface area contributed by atoms with Gasteiger partial charge < -0.3 is 19.7 Å². The third-order valence-corrected chi connectivity index (χ3v) is 5.20. The van der Waals surface area contributed by atoms with Crippen molar-refractivity contribution in [3.8, 4) is 0 Å². The summed E-state index contributed by atoms with van der Waals surface area (Å²) >= 11 is 0. The van der Waals surface area contributed by atoms with Crippen LogP contribution in [0.5, 0.6) is 0 Å². The lowest BCUT2D eigenvalue weighted by Crippen LogP contribution is -2.15. The van der Waals surface area contributed by atoms with E-state index in [1.54, 1.807) is 24.3 Å². The van der Waals surface area contributed by atoms with E-state index in [0.29, 0.717) is 36.5 Å². The number of unbranched alkanes of at least 4 members (excludes halogenated alkanes) is 10. The van der Waals surface area contributed by atoms with E-state index in [-0.39, 0.29) is 0 Å². The smallest absolute Gasteiger partial charge is 0.339 e. The van der Waals surface area contributed by atoms with Gasteiger partial charge in [0.05, 0.1) is 24.3 Å². The maximum atomic E-state index is 12.4. The summed E-state index contributed by atoms with van der Waals surface area (Å²) in [5.41, 5.74) is 0.586. The number of hydrogen-bond donors (Lipinski definition) is 2. The highest BCUT2D eigenvalue weighted by Gasteiger charge is 2.18. The minimum Gasteiger partial charge on any atom is -0.478 e. The van der Waals surface area contributed by atoms with Crippen LogP contribution in [0.15, 0.2) is 36.4 Å². The third kappa shape index (κ3) is 18.2. The highest BCUT2D eigenvalue weighted by atomic mass is 16.5. The Bertz CT molecular complexity index is 735. The predicted octanol–water partition coefficient (Wildman–Crippen LogP) is 6.43. The number of ether oxygens (including phenoxy) is 2. The minimum atomic E-state index is -1.26. The second kappa shape index (κ2) is 22.3. The van der Waals surface area contributed by atoms with Gasteiger partial charge in [-0.1, -0.05) is 90.2 Å². The molecule has 0 atom stereocenters. The largest absolute Gasteiger partial charge is 0.478 e. The zero-order chi connectivity index (χ0) is 27.0. The van der Waals surface area contributed by atoms with Crippen LogP contribution in [0, 0.1) is 0 Å². The van der Waals surface area contributed by atoms with Crippen LogP contribution < -0.4 is 0 Å². The van der Waals surface area contributed by atoms with E-state index in [2.05, 4.69) is 13.8 Å². The van der Waals surface area contributed by atoms with E-state index in [1.165, 1.54) is 51.4 Å². The first-order valence-electron chi connectivity index (χ1n) is 12.9. The van der Waals surface area contributed by atoms with Gasteiger partial charge in [-0.25, -0.2) is 19.2 Å². The predicted molar refractivity (Wildman–Crippen MR) is 138 cm³/mol. The number of rotatable bonds is 18. The van der Waals surface area contributed by atoms with Gasteiger partial charge in [-0.2, -0.15) is 0 Å². The average Bonchev–Trinajstić information content (AvgIpc) is 2.86. The Balaban J connectivity index is 0.00000131. The van der Waals surface area contributed by atoms with Gasteiger partial charge in [-0.05, 0) is 25.0 Å². The van der Waals surface area contributed by atoms with Crippen LogP contribution in [0.4, 0.5) is 0 Å². The number of hydrogen-bond acceptors (Lipinski definition) is 6. The highest BCUT2D eigenvalue weighted by molar-refractivity contribution is 6.03. The molecule has 0 radical (unpaired) electrons. The van der Waals surface area contributed by atoms with Crippen LogP contribution in [0.2, 0.25) is 0 Å². The van der Waals surface area contributed by atoms with E-state index >= 15 is 0 Å². The molecular formula is C28H42O8. The van der Waals surface area contributed by atoms with Crippen molar-refractivity contribution in [2.75, 3.05) is 13.2 Å². The van der Waals surface area contributed by atoms with Gasteiger partial charge in [0, 0.05) is 12.2 Å². The number of carbonyl (C=O) groups is 4. The Kier molecular flexibility index (Phi) is 20.4. The molecule has 8 heteroatoms. The van der Waals surface area contributed by atoms with Crippen molar-refractivity contribution < 1.29 is 38.9 Å². The molecule has 202 valence electrons. The minimum absolute atomic E-state index is 0.293. The Morgan fingerprint density at radius 1 is 0.611 bits per heavy atom. The molecule has 1 aromatic rings. The van der Waals surface area contributed by atoms with E-state index in [4.69, 9.17) is 19.7 Å². The summed E-state index contributed by atoms with van der Waals surface area (Å²) < 4.78 is 10.7. The zero-order valence-electron chi connectivity index (χ0n) is 21.7. The quantitative estimate of drug-likeness (QED) is 0.132. The van der Waals surface area contributed by atoms with Crippen molar-refractivity contribution in [2.24, 2.45) is 0 Å². The highest BCUT2D eigenvalue weighted by Crippen LogP contribution is 2.14. The zero-order valence-corrected chi connectivity index (χ0v) is 21.7. The molecule has 1 rings (SSSR count). The van der Waals surface area contributed by atoms with Crippen LogP contribution in [-0.4, -0.2) is 47.3 Å². The van der Waals surface area contributed by atoms with Crippen molar-refractivity contribution in [2.45, 2.75) is 90.9 Å². The van der Waals surface area contributed by atoms with Crippen molar-refractivity contribution in [1.82, 2.24) is 0 Å². The van der Waals surface area contributed by atoms with Crippen molar-refractivity contribution in [1.29, 1.82) is 0 Å². The number of benzene rings is 1. The van der Waals surface area contributed by atoms with Crippen LogP contribution in [0.25, 0.3) is 0 Å². The Morgan fingerprint density at radius 2 is 0.944 bits per heavy atom. The molecule has 0 aromatic heterocycles. The van der Waals surface area contributed by atoms with Gasteiger partial charge in [-0.3, -0.25) is 0 Å². The van der Waals surface area contributed by atoms with Crippen LogP contribution in [0.3, 0.4) is 0 Å². The molecule has 2 N–H and O–H groups in total. The summed E-state index contributed by atoms with van der Waals surface area (Å²) in [6.07, 6.45) is 14.7. The lowest BCUT2D eigenvalue weighted by molar-refractivity contribution is -0.134. The average molecular weight is 507 g/mol. The van der Waals surface area contributed by atoms with Crippen LogP contribution in [0.1, 0.15) is 112 Å². The van der Waals surface area contributed by atoms with E-state index in [1.807, 2.05) is 0 Å². The summed E-state index contributed by atoms with van der Waals surface area (Å²) in [5, 5.41) is 15.6. The normalized spacial score (nSPS) is 10.4. The molecule has 36 heavy (non-hydrogen) atoms. The van der Waals surface area contributed by atoms with Crippen LogP contribution in [-0.2, 0) is 19.1 Å². The standard InChI is InChI=1S/C24H38O4.C4H4O4/c1-3-5-7-9-11-15-19-27-23(25)21-17-13-14-18-22(21)24(26)28-20-16-12-10-8-6-4-2;5-3(6)1-2-4(7)8/h13-14,17-18H,3-12,15-16,19-20H2,1-2H3;1-2H,(H,5,6)(H,7,8)/b;2-1-. The maximum absolute atomic E-state index is 12.4. The molecule has 0 unspecified atom stereocenters. The first kappa shape index (κ1) is 32.8. The topological polar surface area (TPSA) is 127 Å². The summed E-state index contributed by atoms with van der Waals surface area (Å²) in [5.74, 6) is -3.40. The fourth-order valence-corrected chi connectivity index (χ4v) is 3.23. The van der Waals surface area contributed by atoms with Gasteiger partial charge in [0.1, 0.15) is 0 Å². The first-order chi connectivity index (χ1) is 17.3. The lowest BCUT2D eigenvalue weighted by Gasteiger charge is -2.10. The molecule has 0 heterocycles. The monoisotopic (exact) mass is 506 g/mol. The van der Waals surface area contributed by atoms with Gasteiger partial charge in [-0.15, -0.1) is 0 Å². The molecule has 0 saturated carbocycles. The van der Waals surface area contributed by atoms with E-state index in [9.17, 15) is 19.2 Å². The molecule has 1 aromatic carbocycles. The molecule has 0 aliphatic heterocycles. The fourth-order valence-electron chi connectivity index (χ4n) is 3.23. The number of esters is 2. The van der Waals surface area contributed by atoms with Crippen LogP contribution >= 0.6 is 0 Å². The Labute approximate surface area is 214 Å². The summed E-state index contributed by atoms with van der Waals surface area (Å²) in [6.45, 7) is 5.17. The Hall–Kier alpha value is -3.16. The summed E-state index contributed by atoms with van der Waals surface area (Å²) in [7, 11) is 0. The third-order valence-electron chi connectivity index (χ3n) is 5.20. The SMILES string of the molecule is CCCCCCCCOC(=O)c1ccccc1C(=O)OCCCCCCCC.O=C(O)/C=C\C(=O)O. The number of carboxylic acid groups (broad SMARTS) is 2. The molecule has 0 aliphatic carbocycles. The van der Waals surface area contributed by atoms with Gasteiger partial charge >= 0.3 is 23.9 Å². The summed E-state index contributed by atoms with van der Waals surface area (Å²) in [6, 6.07) is 6.74. The molecule has 0 saturated heterocycles. The second-order valence-electron chi connectivity index (χ2n) is 8.36. The molecule has 0 fully saturated rings. The maximum Gasteiger partial charge on any atom is 0.339 e. The molecule has 0 spiro atoms. The van der Waals surface area contributed by atoms with Crippen molar-refractivity contribution in [3.63, 3.8) is 0 Å². The van der Waals surface area contributed by atoms with Gasteiger partial charge in [0.15, 0.2) is 0 Å². The summed E-state index contributed by atoms with van der Waals surface area (Å²) in [4.78, 5) is 43.8. The number of aliphatic carboxylic acids is 2. The van der Waals surface area contributed by atoms with Crippen molar-refractivity contribution in [3.05, 3.63) is 47.5 Å². The fraction of sp³-hybridized carbons (Fsp3) is 0.571. The van der Waals surface area contributed by atoms with E-state index in [0.717, 1.165) is 25.7 Å². The Morgan fingerprint density at radius 3 is 1.28 bits per heavy atom. The van der Waals surface area contributed by atoms with Gasteiger partial charge in [0.2, 0.25) is 0 Å². The number of carboxylic acids is 2. The first-order valence-corrected chi connectivity index (χ1v) is 12.9. The molecule has 8 nitrogen and oxygen atoms in total. The second-order valence-corrected chi connectivity index (χ2v) is 8.36. The molecular weight excluding hydrogens is 464 g/mol. The molecule has 0 bridgehead atoms. The van der Waals surface area contributed by atoms with E-state index < -0.39 is 23.9 Å². The molecule has 0 aliphatic rings. The number of carbonyl (C=O) groups excluding carboxylic acids is 2. The van der Waals surface area contributed by atoms with Crippen molar-refractivity contribution >= 4 is 23.9 Å². The van der Waals surface area contributed by atoms with Gasteiger partial charge in [0.25, 0.3) is 0 Å². The lowest BCUT2D eigenvalue weighted by atomic mass is 10.1.